The van der Waals surface area contributed by atoms with Crippen LogP contribution < -0.4 is 10.1 Å². The zero-order chi connectivity index (χ0) is 15.8. The normalized spacial score (nSPS) is 11.8. The SMILES string of the molecule is CCCNC(COc1ccc([N+](=O)[O-])c(F)c1)C(=O)OC. The van der Waals surface area contributed by atoms with Crippen LogP contribution in [0.3, 0.4) is 0 Å². The summed E-state index contributed by atoms with van der Waals surface area (Å²) >= 11 is 0. The molecule has 1 N–H and O–H groups in total. The van der Waals surface area contributed by atoms with Gasteiger partial charge in [-0.3, -0.25) is 14.9 Å². The van der Waals surface area contributed by atoms with Crippen LogP contribution >= 0.6 is 0 Å². The summed E-state index contributed by atoms with van der Waals surface area (Å²) in [6, 6.07) is 2.51. The zero-order valence-electron chi connectivity index (χ0n) is 11.8. The largest absolute Gasteiger partial charge is 0.491 e. The molecule has 0 bridgehead atoms. The Kier molecular flexibility index (Phi) is 6.54. The summed E-state index contributed by atoms with van der Waals surface area (Å²) in [4.78, 5) is 21.2. The Balaban J connectivity index is 2.69. The van der Waals surface area contributed by atoms with Gasteiger partial charge in [-0.1, -0.05) is 6.92 Å². The van der Waals surface area contributed by atoms with E-state index in [9.17, 15) is 19.3 Å². The molecule has 0 fully saturated rings. The number of carbonyl (C=O) groups excluding carboxylic acids is 1. The molecule has 0 heterocycles. The predicted molar refractivity (Wildman–Crippen MR) is 72.6 cm³/mol. The first-order chi connectivity index (χ1) is 9.99. The van der Waals surface area contributed by atoms with Gasteiger partial charge in [-0.25, -0.2) is 0 Å². The maximum atomic E-state index is 13.4. The van der Waals surface area contributed by atoms with Crippen molar-refractivity contribution >= 4 is 11.7 Å². The molecular weight excluding hydrogens is 283 g/mol. The Morgan fingerprint density at radius 1 is 1.52 bits per heavy atom. The highest BCUT2D eigenvalue weighted by molar-refractivity contribution is 5.75. The second kappa shape index (κ2) is 8.15. The van der Waals surface area contributed by atoms with Crippen molar-refractivity contribution < 1.29 is 23.6 Å². The van der Waals surface area contributed by atoms with Gasteiger partial charge >= 0.3 is 11.7 Å². The third kappa shape index (κ3) is 4.99. The molecule has 1 aromatic carbocycles. The second-order valence-corrected chi connectivity index (χ2v) is 4.21. The fourth-order valence-corrected chi connectivity index (χ4v) is 1.58. The molecule has 0 spiro atoms. The van der Waals surface area contributed by atoms with Crippen molar-refractivity contribution in [2.45, 2.75) is 19.4 Å². The third-order valence-corrected chi connectivity index (χ3v) is 2.66. The Bertz CT molecular complexity index is 509. The minimum absolute atomic E-state index is 0.0656. The van der Waals surface area contributed by atoms with Crippen LogP contribution in [-0.4, -0.2) is 37.2 Å². The van der Waals surface area contributed by atoms with Crippen molar-refractivity contribution in [3.05, 3.63) is 34.1 Å². The van der Waals surface area contributed by atoms with E-state index in [1.165, 1.54) is 13.2 Å². The molecule has 116 valence electrons. The molecule has 1 aromatic rings. The van der Waals surface area contributed by atoms with Crippen LogP contribution in [0.1, 0.15) is 13.3 Å². The van der Waals surface area contributed by atoms with Crippen molar-refractivity contribution in [3.8, 4) is 5.75 Å². The van der Waals surface area contributed by atoms with Crippen molar-refractivity contribution in [2.75, 3.05) is 20.3 Å². The number of hydrogen-bond acceptors (Lipinski definition) is 6. The number of esters is 1. The van der Waals surface area contributed by atoms with Crippen LogP contribution in [0.4, 0.5) is 10.1 Å². The number of ether oxygens (including phenoxy) is 2. The van der Waals surface area contributed by atoms with Gasteiger partial charge in [-0.15, -0.1) is 0 Å². The van der Waals surface area contributed by atoms with E-state index in [2.05, 4.69) is 10.1 Å². The lowest BCUT2D eigenvalue weighted by molar-refractivity contribution is -0.387. The lowest BCUT2D eigenvalue weighted by Gasteiger charge is -2.16. The fourth-order valence-electron chi connectivity index (χ4n) is 1.58. The Morgan fingerprint density at radius 2 is 2.24 bits per heavy atom. The number of nitrogens with zero attached hydrogens (tertiary/aromatic N) is 1. The van der Waals surface area contributed by atoms with E-state index in [0.717, 1.165) is 18.6 Å². The summed E-state index contributed by atoms with van der Waals surface area (Å²) in [6.07, 6.45) is 0.819. The number of methoxy groups -OCH3 is 1. The van der Waals surface area contributed by atoms with Gasteiger partial charge in [0.15, 0.2) is 0 Å². The molecule has 0 aliphatic heterocycles. The molecular formula is C13H17FN2O5. The highest BCUT2D eigenvalue weighted by atomic mass is 19.1. The molecule has 7 nitrogen and oxygen atoms in total. The Labute approximate surface area is 121 Å². The lowest BCUT2D eigenvalue weighted by atomic mass is 10.2. The number of halogens is 1. The highest BCUT2D eigenvalue weighted by Crippen LogP contribution is 2.22. The molecule has 1 unspecified atom stereocenters. The van der Waals surface area contributed by atoms with E-state index >= 15 is 0 Å². The van der Waals surface area contributed by atoms with Crippen LogP contribution in [0.5, 0.6) is 5.75 Å². The fraction of sp³-hybridized carbons (Fsp3) is 0.462. The minimum atomic E-state index is -0.992. The van der Waals surface area contributed by atoms with Gasteiger partial charge in [0.05, 0.1) is 12.0 Å². The first kappa shape index (κ1) is 16.8. The van der Waals surface area contributed by atoms with Crippen molar-refractivity contribution in [1.82, 2.24) is 5.32 Å². The van der Waals surface area contributed by atoms with Crippen molar-refractivity contribution in [2.24, 2.45) is 0 Å². The molecule has 1 rings (SSSR count). The van der Waals surface area contributed by atoms with Crippen molar-refractivity contribution in [3.63, 3.8) is 0 Å². The summed E-state index contributed by atoms with van der Waals surface area (Å²) in [5.74, 6) is -1.38. The van der Waals surface area contributed by atoms with Gasteiger partial charge < -0.3 is 14.8 Å². The summed E-state index contributed by atoms with van der Waals surface area (Å²) in [6.45, 7) is 2.47. The van der Waals surface area contributed by atoms with Gasteiger partial charge in [0.1, 0.15) is 18.4 Å². The molecule has 1 atom stereocenters. The average Bonchev–Trinajstić information content (AvgIpc) is 2.46. The molecule has 8 heteroatoms. The molecule has 0 aliphatic rings. The van der Waals surface area contributed by atoms with Crippen LogP contribution in [-0.2, 0) is 9.53 Å². The van der Waals surface area contributed by atoms with Crippen molar-refractivity contribution in [1.29, 1.82) is 0 Å². The predicted octanol–water partition coefficient (Wildman–Crippen LogP) is 1.65. The minimum Gasteiger partial charge on any atom is -0.491 e. The van der Waals surface area contributed by atoms with Crippen LogP contribution in [0.25, 0.3) is 0 Å². The first-order valence-corrected chi connectivity index (χ1v) is 6.37. The monoisotopic (exact) mass is 300 g/mol. The molecule has 0 aromatic heterocycles. The van der Waals surface area contributed by atoms with Gasteiger partial charge in [0.2, 0.25) is 5.82 Å². The van der Waals surface area contributed by atoms with Gasteiger partial charge in [0.25, 0.3) is 0 Å². The average molecular weight is 300 g/mol. The Hall–Kier alpha value is -2.22. The van der Waals surface area contributed by atoms with Crippen LogP contribution in [0.2, 0.25) is 0 Å². The van der Waals surface area contributed by atoms with E-state index < -0.39 is 28.4 Å². The molecule has 0 amide bonds. The number of rotatable bonds is 8. The standard InChI is InChI=1S/C13H17FN2O5/c1-3-6-15-11(13(17)20-2)8-21-9-4-5-12(16(18)19)10(14)7-9/h4-5,7,11,15H,3,6,8H2,1-2H3. The van der Waals surface area contributed by atoms with Gasteiger partial charge in [-0.2, -0.15) is 4.39 Å². The number of carbonyl (C=O) groups is 1. The second-order valence-electron chi connectivity index (χ2n) is 4.21. The van der Waals surface area contributed by atoms with E-state index in [1.807, 2.05) is 6.92 Å². The lowest BCUT2D eigenvalue weighted by Crippen LogP contribution is -2.42. The summed E-state index contributed by atoms with van der Waals surface area (Å²) in [5, 5.41) is 13.4. The van der Waals surface area contributed by atoms with E-state index in [-0.39, 0.29) is 12.4 Å². The van der Waals surface area contributed by atoms with Gasteiger partial charge in [0, 0.05) is 12.1 Å². The Morgan fingerprint density at radius 3 is 2.76 bits per heavy atom. The quantitative estimate of drug-likeness (QED) is 0.446. The van der Waals surface area contributed by atoms with Gasteiger partial charge in [-0.05, 0) is 19.0 Å². The number of nitrogens with one attached hydrogen (secondary N) is 1. The van der Waals surface area contributed by atoms with Crippen LogP contribution in [0, 0.1) is 15.9 Å². The first-order valence-electron chi connectivity index (χ1n) is 6.37. The smallest absolute Gasteiger partial charge is 0.326 e. The number of nitro groups is 1. The molecule has 0 saturated carbocycles. The van der Waals surface area contributed by atoms with E-state index in [1.54, 1.807) is 0 Å². The highest BCUT2D eigenvalue weighted by Gasteiger charge is 2.20. The maximum Gasteiger partial charge on any atom is 0.326 e. The zero-order valence-corrected chi connectivity index (χ0v) is 11.8. The number of hydrogen-bond donors (Lipinski definition) is 1. The van der Waals surface area contributed by atoms with E-state index in [0.29, 0.717) is 6.54 Å². The molecule has 0 radical (unpaired) electrons. The topological polar surface area (TPSA) is 90.7 Å². The van der Waals surface area contributed by atoms with E-state index in [4.69, 9.17) is 4.74 Å². The van der Waals surface area contributed by atoms with Crippen LogP contribution in [0.15, 0.2) is 18.2 Å². The third-order valence-electron chi connectivity index (χ3n) is 2.66. The molecule has 21 heavy (non-hydrogen) atoms. The number of benzene rings is 1. The summed E-state index contributed by atoms with van der Waals surface area (Å²) < 4.78 is 23.3. The maximum absolute atomic E-state index is 13.4. The molecule has 0 saturated heterocycles. The number of nitro benzene ring substituents is 1. The molecule has 0 aliphatic carbocycles. The summed E-state index contributed by atoms with van der Waals surface area (Å²) in [7, 11) is 1.26. The summed E-state index contributed by atoms with van der Waals surface area (Å²) in [5.41, 5.74) is -0.629.